The molecule has 1 aliphatic rings. The van der Waals surface area contributed by atoms with Gasteiger partial charge in [-0.2, -0.15) is 5.26 Å². The first kappa shape index (κ1) is 47.1. The number of nitriles is 1. The summed E-state index contributed by atoms with van der Waals surface area (Å²) in [6, 6.07) is 35.1. The van der Waals surface area contributed by atoms with Gasteiger partial charge in [0.25, 0.3) is 14.4 Å². The number of nitrogens with one attached hydrogen (secondary N) is 1. The van der Waals surface area contributed by atoms with E-state index in [1.54, 1.807) is 43.1 Å². The molecule has 1 amide bonds. The molecule has 0 spiro atoms. The van der Waals surface area contributed by atoms with Crippen molar-refractivity contribution in [3.63, 3.8) is 0 Å². The zero-order valence-corrected chi connectivity index (χ0v) is 38.3. The van der Waals surface area contributed by atoms with Crippen LogP contribution in [0, 0.1) is 17.2 Å². The molecule has 5 atom stereocenters. The van der Waals surface area contributed by atoms with Crippen molar-refractivity contribution < 1.29 is 37.2 Å². The van der Waals surface area contributed by atoms with E-state index in [0.717, 1.165) is 16.7 Å². The minimum atomic E-state index is -1.93. The number of fused-ring (bicyclic) bond motifs is 1. The molecule has 5 unspecified atom stereocenters. The molecule has 3 heterocycles. The Morgan fingerprint density at radius 3 is 2.06 bits per heavy atom. The monoisotopic (exact) mass is 903 g/mol. The molecule has 1 fully saturated rings. The van der Waals surface area contributed by atoms with Crippen LogP contribution in [0.2, 0.25) is 0 Å². The van der Waals surface area contributed by atoms with E-state index >= 15 is 4.39 Å². The molecule has 1 saturated heterocycles. The van der Waals surface area contributed by atoms with Gasteiger partial charge < -0.3 is 37.9 Å². The van der Waals surface area contributed by atoms with Gasteiger partial charge in [0.2, 0.25) is 0 Å². The Labute approximate surface area is 380 Å². The van der Waals surface area contributed by atoms with Crippen LogP contribution in [0.25, 0.3) is 11.2 Å². The topological polar surface area (TPSA) is 155 Å². The lowest BCUT2D eigenvalue weighted by Crippen LogP contribution is -2.44. The van der Waals surface area contributed by atoms with Crippen molar-refractivity contribution in [3.05, 3.63) is 144 Å². The molecule has 4 aromatic carbocycles. The summed E-state index contributed by atoms with van der Waals surface area (Å²) in [6.07, 6.45) is 0.0120. The average Bonchev–Trinajstić information content (AvgIpc) is 3.70. The molecule has 0 saturated carbocycles. The predicted molar refractivity (Wildman–Crippen MR) is 246 cm³/mol. The van der Waals surface area contributed by atoms with Gasteiger partial charge in [0.15, 0.2) is 17.0 Å². The molecule has 2 aromatic heterocycles. The smallest absolute Gasteiger partial charge is 0.259 e. The Morgan fingerprint density at radius 2 is 1.48 bits per heavy atom. The lowest BCUT2D eigenvalue weighted by molar-refractivity contribution is -0.0611. The van der Waals surface area contributed by atoms with Gasteiger partial charge in [-0.25, -0.2) is 24.0 Å². The van der Waals surface area contributed by atoms with Crippen molar-refractivity contribution >= 4 is 31.4 Å². The minimum absolute atomic E-state index is 0.0298. The number of anilines is 1. The van der Waals surface area contributed by atoms with Crippen LogP contribution < -0.4 is 14.8 Å². The second kappa shape index (κ2) is 21.9. The summed E-state index contributed by atoms with van der Waals surface area (Å²) in [6.45, 7) is 8.18. The van der Waals surface area contributed by atoms with Gasteiger partial charge in [-0.05, 0) is 80.8 Å². The second-order valence-electron chi connectivity index (χ2n) is 16.1. The van der Waals surface area contributed by atoms with Crippen LogP contribution in [0.15, 0.2) is 122 Å². The van der Waals surface area contributed by atoms with Crippen LogP contribution in [0.1, 0.15) is 67.2 Å². The number of hydrogen-bond donors (Lipinski definition) is 1. The van der Waals surface area contributed by atoms with Gasteiger partial charge >= 0.3 is 0 Å². The molecule has 14 nitrogen and oxygen atoms in total. The Bertz CT molecular complexity index is 2440. The van der Waals surface area contributed by atoms with Gasteiger partial charge in [-0.3, -0.25) is 4.79 Å². The van der Waals surface area contributed by atoms with Gasteiger partial charge in [0.1, 0.15) is 35.7 Å². The summed E-state index contributed by atoms with van der Waals surface area (Å²) in [5.41, 5.74) is 2.26. The number of halogens is 1. The summed E-state index contributed by atoms with van der Waals surface area (Å²) in [4.78, 5) is 26.6. The van der Waals surface area contributed by atoms with Gasteiger partial charge in [0, 0.05) is 23.6 Å². The fourth-order valence-corrected chi connectivity index (χ4v) is 9.99. The standard InChI is InChI=1S/C49H55FN7O7P/c1-33(2)57(34(3)4)65(63-27-13-26-51)64-45-36(28-61-30-42(43(45)50)56-32-54-44-46(52-31-53-47(44)56)55-48(58)35-14-9-7-10-15-35)29-62-49(37-16-11-8-12-17-37,38-18-22-40(59-5)23-19-38)39-20-24-41(60-6)25-21-39/h7-12,14-25,31-34,36,42-43,45H,13,27-30H2,1-6H3,(H,52,53,55,58). The van der Waals surface area contributed by atoms with Crippen LogP contribution in [-0.2, 0) is 24.1 Å². The summed E-state index contributed by atoms with van der Waals surface area (Å²) >= 11 is 0. The van der Waals surface area contributed by atoms with Gasteiger partial charge in [-0.15, -0.1) is 0 Å². The van der Waals surface area contributed by atoms with Crippen LogP contribution in [-0.4, -0.2) is 95.1 Å². The normalized spacial score (nSPS) is 18.4. The van der Waals surface area contributed by atoms with Crippen molar-refractivity contribution in [1.29, 1.82) is 5.26 Å². The highest BCUT2D eigenvalue weighted by atomic mass is 31.2. The third kappa shape index (κ3) is 10.5. The zero-order valence-electron chi connectivity index (χ0n) is 37.4. The number of nitrogens with zero attached hydrogens (tertiary/aromatic N) is 6. The number of benzene rings is 4. The number of imidazole rings is 1. The van der Waals surface area contributed by atoms with E-state index in [9.17, 15) is 10.1 Å². The van der Waals surface area contributed by atoms with Crippen LogP contribution >= 0.6 is 8.53 Å². The SMILES string of the molecule is COc1ccc(C(OCC2COCC(n3cnc4c(NC(=O)c5ccccc5)ncnc43)C(F)C2OP(OCCC#N)N(C(C)C)C(C)C)(c2ccccc2)c2ccc(OC)cc2)cc1. The van der Waals surface area contributed by atoms with Crippen molar-refractivity contribution in [2.24, 2.45) is 5.92 Å². The number of hydrogen-bond acceptors (Lipinski definition) is 12. The molecule has 1 aliphatic heterocycles. The van der Waals surface area contributed by atoms with E-state index in [4.69, 9.17) is 28.0 Å². The maximum absolute atomic E-state index is 18.2. The number of alkyl halides is 1. The highest BCUT2D eigenvalue weighted by Gasteiger charge is 2.46. The average molecular weight is 904 g/mol. The number of carbonyl (C=O) groups excluding carboxylic acids is 1. The fraction of sp³-hybridized carbons (Fsp3) is 0.367. The molecular formula is C49H55FN7O7P. The number of rotatable bonds is 19. The van der Waals surface area contributed by atoms with Crippen LogP contribution in [0.4, 0.5) is 10.2 Å². The highest BCUT2D eigenvalue weighted by molar-refractivity contribution is 7.44. The van der Waals surface area contributed by atoms with Gasteiger partial charge in [-0.1, -0.05) is 72.8 Å². The number of methoxy groups -OCH3 is 2. The highest BCUT2D eigenvalue weighted by Crippen LogP contribution is 2.51. The van der Waals surface area contributed by atoms with Crippen LogP contribution in [0.3, 0.4) is 0 Å². The molecule has 65 heavy (non-hydrogen) atoms. The summed E-state index contributed by atoms with van der Waals surface area (Å²) in [7, 11) is 1.31. The Hall–Kier alpha value is -5.85. The maximum atomic E-state index is 18.2. The number of amides is 1. The molecule has 6 aromatic rings. The lowest BCUT2D eigenvalue weighted by Gasteiger charge is -2.41. The van der Waals surface area contributed by atoms with E-state index < -0.39 is 38.4 Å². The molecule has 1 N–H and O–H groups in total. The molecule has 340 valence electrons. The van der Waals surface area contributed by atoms with E-state index in [-0.39, 0.29) is 62.2 Å². The number of ether oxygens (including phenoxy) is 4. The first-order valence-electron chi connectivity index (χ1n) is 21.6. The van der Waals surface area contributed by atoms with Crippen molar-refractivity contribution in [2.75, 3.05) is 46.0 Å². The molecule has 0 aliphatic carbocycles. The van der Waals surface area contributed by atoms with E-state index in [1.165, 1.54) is 12.7 Å². The zero-order chi connectivity index (χ0) is 45.9. The van der Waals surface area contributed by atoms with E-state index in [1.807, 2.05) is 113 Å². The van der Waals surface area contributed by atoms with Crippen molar-refractivity contribution in [1.82, 2.24) is 24.2 Å². The van der Waals surface area contributed by atoms with Crippen LogP contribution in [0.5, 0.6) is 11.5 Å². The molecular weight excluding hydrogens is 849 g/mol. The van der Waals surface area contributed by atoms with E-state index in [2.05, 4.69) is 31.0 Å². The first-order chi connectivity index (χ1) is 31.6. The summed E-state index contributed by atoms with van der Waals surface area (Å²) in [5.74, 6) is 0.452. The Balaban J connectivity index is 1.31. The molecule has 7 rings (SSSR count). The third-order valence-corrected chi connectivity index (χ3v) is 13.4. The predicted octanol–water partition coefficient (Wildman–Crippen LogP) is 9.29. The summed E-state index contributed by atoms with van der Waals surface area (Å²) < 4.78 is 60.2. The minimum Gasteiger partial charge on any atom is -0.497 e. The first-order valence-corrected chi connectivity index (χ1v) is 22.7. The largest absolute Gasteiger partial charge is 0.497 e. The Morgan fingerprint density at radius 1 is 0.877 bits per heavy atom. The number of aromatic nitrogens is 4. The summed E-state index contributed by atoms with van der Waals surface area (Å²) in [5, 5.41) is 12.3. The van der Waals surface area contributed by atoms with Gasteiger partial charge in [0.05, 0.1) is 65.5 Å². The van der Waals surface area contributed by atoms with Crippen molar-refractivity contribution in [3.8, 4) is 17.6 Å². The second-order valence-corrected chi connectivity index (χ2v) is 17.5. The maximum Gasteiger partial charge on any atom is 0.259 e. The number of carbonyl (C=O) groups is 1. The molecule has 0 radical (unpaired) electrons. The quantitative estimate of drug-likeness (QED) is 0.0468. The lowest BCUT2D eigenvalue weighted by atomic mass is 9.79. The fourth-order valence-electron chi connectivity index (χ4n) is 8.19. The van der Waals surface area contributed by atoms with Crippen molar-refractivity contribution in [2.45, 2.75) is 70.1 Å². The molecule has 0 bridgehead atoms. The molecule has 16 heteroatoms. The third-order valence-electron chi connectivity index (χ3n) is 11.3. The Kier molecular flexibility index (Phi) is 15.9. The van der Waals surface area contributed by atoms with E-state index in [0.29, 0.717) is 22.7 Å².